The summed E-state index contributed by atoms with van der Waals surface area (Å²) in [4.78, 5) is 22.6. The van der Waals surface area contributed by atoms with Gasteiger partial charge in [0.2, 0.25) is 0 Å². The summed E-state index contributed by atoms with van der Waals surface area (Å²) in [5, 5.41) is 9.10. The van der Waals surface area contributed by atoms with E-state index in [1.807, 2.05) is 27.7 Å². The molecular formula is C17H24O5. The Morgan fingerprint density at radius 2 is 1.86 bits per heavy atom. The van der Waals surface area contributed by atoms with Gasteiger partial charge in [0.15, 0.2) is 0 Å². The molecule has 0 spiro atoms. The maximum absolute atomic E-state index is 11.5. The number of rotatable bonds is 7. The molecule has 0 saturated carbocycles. The van der Waals surface area contributed by atoms with E-state index >= 15 is 0 Å². The van der Waals surface area contributed by atoms with Crippen molar-refractivity contribution in [2.75, 3.05) is 6.61 Å². The number of carboxylic acids is 1. The molecule has 1 aromatic carbocycles. The summed E-state index contributed by atoms with van der Waals surface area (Å²) in [6.45, 7) is 7.74. The zero-order valence-electron chi connectivity index (χ0n) is 13.6. The molecule has 5 heteroatoms. The summed E-state index contributed by atoms with van der Waals surface area (Å²) in [6, 6.07) is 4.98. The van der Waals surface area contributed by atoms with Crippen LogP contribution in [0.3, 0.4) is 0 Å². The van der Waals surface area contributed by atoms with Gasteiger partial charge in [0.05, 0.1) is 6.61 Å². The van der Waals surface area contributed by atoms with Crippen LogP contribution in [0.15, 0.2) is 18.2 Å². The van der Waals surface area contributed by atoms with E-state index in [4.69, 9.17) is 14.6 Å². The van der Waals surface area contributed by atoms with Gasteiger partial charge >= 0.3 is 11.9 Å². The molecule has 0 radical (unpaired) electrons. The first-order chi connectivity index (χ1) is 10.2. The SMILES string of the molecule is Cc1ccc(C(=O)O)c(OCCCCC(=O)OC(C)(C)C)c1. The van der Waals surface area contributed by atoms with Crippen LogP contribution in [0.5, 0.6) is 5.75 Å². The number of ether oxygens (including phenoxy) is 2. The van der Waals surface area contributed by atoms with Crippen LogP contribution in [0, 0.1) is 6.92 Å². The Kier molecular flexibility index (Phi) is 6.40. The highest BCUT2D eigenvalue weighted by Crippen LogP contribution is 2.20. The van der Waals surface area contributed by atoms with Gasteiger partial charge in [-0.15, -0.1) is 0 Å². The van der Waals surface area contributed by atoms with E-state index in [9.17, 15) is 9.59 Å². The molecule has 0 saturated heterocycles. The van der Waals surface area contributed by atoms with Crippen molar-refractivity contribution in [3.8, 4) is 5.75 Å². The predicted molar refractivity (Wildman–Crippen MR) is 83.3 cm³/mol. The molecule has 0 aliphatic heterocycles. The molecule has 0 aliphatic rings. The molecule has 22 heavy (non-hydrogen) atoms. The van der Waals surface area contributed by atoms with Crippen molar-refractivity contribution in [3.05, 3.63) is 29.3 Å². The van der Waals surface area contributed by atoms with Crippen LogP contribution in [0.2, 0.25) is 0 Å². The molecule has 1 rings (SSSR count). The molecule has 122 valence electrons. The number of carboxylic acid groups (broad SMARTS) is 1. The van der Waals surface area contributed by atoms with Gasteiger partial charge in [0, 0.05) is 6.42 Å². The molecule has 5 nitrogen and oxygen atoms in total. The topological polar surface area (TPSA) is 72.8 Å². The maximum atomic E-state index is 11.5. The number of hydrogen-bond acceptors (Lipinski definition) is 4. The van der Waals surface area contributed by atoms with Gasteiger partial charge in [-0.05, 0) is 58.2 Å². The second-order valence-corrected chi connectivity index (χ2v) is 6.20. The molecule has 0 aliphatic carbocycles. The van der Waals surface area contributed by atoms with E-state index in [1.165, 1.54) is 6.07 Å². The molecule has 0 heterocycles. The lowest BCUT2D eigenvalue weighted by atomic mass is 10.1. The van der Waals surface area contributed by atoms with Crippen molar-refractivity contribution in [3.63, 3.8) is 0 Å². The Morgan fingerprint density at radius 1 is 1.18 bits per heavy atom. The summed E-state index contributed by atoms with van der Waals surface area (Å²) in [5.41, 5.74) is 0.623. The maximum Gasteiger partial charge on any atom is 0.339 e. The highest BCUT2D eigenvalue weighted by molar-refractivity contribution is 5.90. The molecule has 0 aromatic heterocycles. The monoisotopic (exact) mass is 308 g/mol. The van der Waals surface area contributed by atoms with Gasteiger partial charge in [0.1, 0.15) is 16.9 Å². The number of carbonyl (C=O) groups excluding carboxylic acids is 1. The summed E-state index contributed by atoms with van der Waals surface area (Å²) >= 11 is 0. The number of aryl methyl sites for hydroxylation is 1. The fourth-order valence-corrected chi connectivity index (χ4v) is 1.87. The van der Waals surface area contributed by atoms with Crippen molar-refractivity contribution in [2.24, 2.45) is 0 Å². The standard InChI is InChI=1S/C17H24O5/c1-12-8-9-13(16(19)20)14(11-12)21-10-6-5-7-15(18)22-17(2,3)4/h8-9,11H,5-7,10H2,1-4H3,(H,19,20). The Hall–Kier alpha value is -2.04. The van der Waals surface area contributed by atoms with Crippen molar-refractivity contribution >= 4 is 11.9 Å². The number of benzene rings is 1. The molecule has 0 fully saturated rings. The van der Waals surface area contributed by atoms with E-state index in [2.05, 4.69) is 0 Å². The highest BCUT2D eigenvalue weighted by Gasteiger charge is 2.15. The second kappa shape index (κ2) is 7.82. The van der Waals surface area contributed by atoms with Crippen LogP contribution >= 0.6 is 0 Å². The first kappa shape index (κ1) is 18.0. The third-order valence-corrected chi connectivity index (χ3v) is 2.82. The van der Waals surface area contributed by atoms with Crippen LogP contribution in [-0.4, -0.2) is 29.3 Å². The lowest BCUT2D eigenvalue weighted by Gasteiger charge is -2.19. The molecule has 0 unspecified atom stereocenters. The van der Waals surface area contributed by atoms with Gasteiger partial charge in [-0.1, -0.05) is 6.07 Å². The second-order valence-electron chi connectivity index (χ2n) is 6.20. The summed E-state index contributed by atoms with van der Waals surface area (Å²) in [6.07, 6.45) is 1.63. The fourth-order valence-electron chi connectivity index (χ4n) is 1.87. The van der Waals surface area contributed by atoms with E-state index in [-0.39, 0.29) is 11.5 Å². The Morgan fingerprint density at radius 3 is 2.45 bits per heavy atom. The largest absolute Gasteiger partial charge is 0.493 e. The molecule has 1 aromatic rings. The van der Waals surface area contributed by atoms with Crippen molar-refractivity contribution in [2.45, 2.75) is 52.6 Å². The summed E-state index contributed by atoms with van der Waals surface area (Å²) < 4.78 is 10.7. The Balaban J connectivity index is 2.38. The van der Waals surface area contributed by atoms with E-state index < -0.39 is 11.6 Å². The lowest BCUT2D eigenvalue weighted by Crippen LogP contribution is -2.23. The van der Waals surface area contributed by atoms with Crippen molar-refractivity contribution in [1.82, 2.24) is 0 Å². The minimum absolute atomic E-state index is 0.151. The summed E-state index contributed by atoms with van der Waals surface area (Å²) in [5.74, 6) is -0.872. The molecular weight excluding hydrogens is 284 g/mol. The Bertz CT molecular complexity index is 528. The fraction of sp³-hybridized carbons (Fsp3) is 0.529. The first-order valence-electron chi connectivity index (χ1n) is 7.37. The van der Waals surface area contributed by atoms with E-state index in [0.29, 0.717) is 31.6 Å². The van der Waals surface area contributed by atoms with Crippen LogP contribution in [0.4, 0.5) is 0 Å². The van der Waals surface area contributed by atoms with Crippen molar-refractivity contribution < 1.29 is 24.2 Å². The highest BCUT2D eigenvalue weighted by atomic mass is 16.6. The Labute approximate surface area is 131 Å². The van der Waals surface area contributed by atoms with E-state index in [0.717, 1.165) is 5.56 Å². The molecule has 0 bridgehead atoms. The zero-order valence-corrected chi connectivity index (χ0v) is 13.6. The van der Waals surface area contributed by atoms with Gasteiger partial charge in [-0.25, -0.2) is 4.79 Å². The number of esters is 1. The zero-order chi connectivity index (χ0) is 16.8. The lowest BCUT2D eigenvalue weighted by molar-refractivity contribution is -0.154. The van der Waals surface area contributed by atoms with Gasteiger partial charge < -0.3 is 14.6 Å². The smallest absolute Gasteiger partial charge is 0.339 e. The predicted octanol–water partition coefficient (Wildman–Crippen LogP) is 3.58. The quantitative estimate of drug-likeness (QED) is 0.615. The van der Waals surface area contributed by atoms with Crippen molar-refractivity contribution in [1.29, 1.82) is 0 Å². The van der Waals surface area contributed by atoms with Crippen LogP contribution in [0.25, 0.3) is 0 Å². The molecule has 0 amide bonds. The number of unbranched alkanes of at least 4 members (excludes halogenated alkanes) is 1. The minimum atomic E-state index is -1.01. The summed E-state index contributed by atoms with van der Waals surface area (Å²) in [7, 11) is 0. The van der Waals surface area contributed by atoms with Crippen LogP contribution in [-0.2, 0) is 9.53 Å². The van der Waals surface area contributed by atoms with Gasteiger partial charge in [-0.2, -0.15) is 0 Å². The third-order valence-electron chi connectivity index (χ3n) is 2.82. The number of carbonyl (C=O) groups is 2. The van der Waals surface area contributed by atoms with Crippen LogP contribution in [0.1, 0.15) is 56.0 Å². The molecule has 0 atom stereocenters. The van der Waals surface area contributed by atoms with Gasteiger partial charge in [-0.3, -0.25) is 4.79 Å². The first-order valence-corrected chi connectivity index (χ1v) is 7.37. The number of hydrogen-bond donors (Lipinski definition) is 1. The van der Waals surface area contributed by atoms with E-state index in [1.54, 1.807) is 12.1 Å². The average Bonchev–Trinajstić information content (AvgIpc) is 2.35. The normalized spacial score (nSPS) is 11.1. The minimum Gasteiger partial charge on any atom is -0.493 e. The van der Waals surface area contributed by atoms with Gasteiger partial charge in [0.25, 0.3) is 0 Å². The van der Waals surface area contributed by atoms with Crippen LogP contribution < -0.4 is 4.74 Å². The number of aromatic carboxylic acids is 1. The third kappa shape index (κ3) is 6.61. The molecule has 1 N–H and O–H groups in total. The average molecular weight is 308 g/mol.